The monoisotopic (exact) mass is 920 g/mol. The van der Waals surface area contributed by atoms with E-state index in [1.165, 1.54) is 119 Å². The van der Waals surface area contributed by atoms with Crippen molar-refractivity contribution in [1.82, 2.24) is 0 Å². The summed E-state index contributed by atoms with van der Waals surface area (Å²) in [6.45, 7) is 5.69. The number of esters is 4. The van der Waals surface area contributed by atoms with Gasteiger partial charge in [-0.15, -0.1) is 0 Å². The van der Waals surface area contributed by atoms with Crippen LogP contribution in [0.5, 0.6) is 34.5 Å². The van der Waals surface area contributed by atoms with Crippen molar-refractivity contribution in [1.29, 1.82) is 0 Å². The molecule has 10 nitrogen and oxygen atoms in total. The predicted molar refractivity (Wildman–Crippen MR) is 247 cm³/mol. The fraction of sp³-hybridized carbons (Fsp3) is 0.346. The highest BCUT2D eigenvalue weighted by atomic mass is 79.9. The first-order chi connectivity index (χ1) is 30.7. The molecule has 11 heteroatoms. The molecule has 0 unspecified atom stereocenters. The lowest BCUT2D eigenvalue weighted by Crippen LogP contribution is -2.11. The topological polar surface area (TPSA) is 124 Å². The van der Waals surface area contributed by atoms with E-state index in [1.54, 1.807) is 60.7 Å². The van der Waals surface area contributed by atoms with Crippen LogP contribution >= 0.6 is 15.9 Å². The molecule has 0 aromatic heterocycles. The number of benzene rings is 5. The number of halogens is 1. The van der Waals surface area contributed by atoms with Gasteiger partial charge in [0.15, 0.2) is 0 Å². The molecule has 0 aliphatic heterocycles. The maximum Gasteiger partial charge on any atom is 0.343 e. The van der Waals surface area contributed by atoms with Crippen molar-refractivity contribution in [3.63, 3.8) is 0 Å². The van der Waals surface area contributed by atoms with Crippen LogP contribution in [0.15, 0.2) is 120 Å². The van der Waals surface area contributed by atoms with Gasteiger partial charge in [0.2, 0.25) is 0 Å². The van der Waals surface area contributed by atoms with E-state index in [4.69, 9.17) is 28.4 Å². The normalized spacial score (nSPS) is 10.8. The molecule has 0 aliphatic carbocycles. The SMILES string of the molecule is CCCCCCCCCOc1ccc(C(=O)Oc2ccc(C(=O)Oc3ccc(Br)c(OC(=O)c4ccc(OC(=O)c5ccc(OCCCCCCCCC)cc5)cc4)c3)cc2)cc1. The lowest BCUT2D eigenvalue weighted by Gasteiger charge is -2.10. The van der Waals surface area contributed by atoms with E-state index in [2.05, 4.69) is 29.8 Å². The molecule has 5 rings (SSSR count). The third-order valence-electron chi connectivity index (χ3n) is 10.1. The predicted octanol–water partition coefficient (Wildman–Crippen LogP) is 13.6. The van der Waals surface area contributed by atoms with Crippen molar-refractivity contribution in [3.05, 3.63) is 142 Å². The minimum Gasteiger partial charge on any atom is -0.494 e. The molecule has 0 saturated heterocycles. The fourth-order valence-corrected chi connectivity index (χ4v) is 6.80. The van der Waals surface area contributed by atoms with Crippen LogP contribution in [0.2, 0.25) is 0 Å². The Bertz CT molecular complexity index is 2180. The summed E-state index contributed by atoms with van der Waals surface area (Å²) in [5.41, 5.74) is 1.14. The molecular formula is C52H57BrO10. The Balaban J connectivity index is 1.04. The average molecular weight is 922 g/mol. The molecule has 0 saturated carbocycles. The second-order valence-electron chi connectivity index (χ2n) is 15.2. The van der Waals surface area contributed by atoms with Crippen LogP contribution in [0.4, 0.5) is 0 Å². The minimum atomic E-state index is -0.683. The first-order valence-corrected chi connectivity index (χ1v) is 22.9. The number of rotatable bonds is 26. The summed E-state index contributed by atoms with van der Waals surface area (Å²) in [4.78, 5) is 51.6. The summed E-state index contributed by atoms with van der Waals surface area (Å²) < 4.78 is 34.3. The zero-order chi connectivity index (χ0) is 44.7. The third-order valence-corrected chi connectivity index (χ3v) is 10.8. The molecular weight excluding hydrogens is 864 g/mol. The number of hydrogen-bond donors (Lipinski definition) is 0. The Morgan fingerprint density at radius 1 is 0.365 bits per heavy atom. The molecule has 0 aliphatic rings. The van der Waals surface area contributed by atoms with Gasteiger partial charge in [-0.2, -0.15) is 0 Å². The second kappa shape index (κ2) is 26.5. The lowest BCUT2D eigenvalue weighted by atomic mass is 10.1. The molecule has 5 aromatic carbocycles. The van der Waals surface area contributed by atoms with Crippen molar-refractivity contribution in [2.75, 3.05) is 13.2 Å². The van der Waals surface area contributed by atoms with Crippen molar-refractivity contribution in [3.8, 4) is 34.5 Å². The third kappa shape index (κ3) is 16.7. The summed E-state index contributed by atoms with van der Waals surface area (Å²) in [6.07, 6.45) is 16.9. The van der Waals surface area contributed by atoms with Gasteiger partial charge in [0.05, 0.1) is 39.9 Å². The molecule has 0 amide bonds. The summed E-state index contributed by atoms with van der Waals surface area (Å²) >= 11 is 3.38. The molecule has 63 heavy (non-hydrogen) atoms. The standard InChI is InChI=1S/C52H57BrO10/c1-3-5-7-9-11-13-15-35-58-42-25-17-38(18-26-42)49(54)60-44-29-21-40(22-30-44)51(56)62-46-33-34-47(53)48(37-46)63-52(57)41-23-31-45(32-24-41)61-50(55)39-19-27-43(28-20-39)59-36-16-14-12-10-8-6-4-2/h17-34,37H,3-16,35-36H2,1-2H3. The highest BCUT2D eigenvalue weighted by Crippen LogP contribution is 2.31. The molecule has 0 heterocycles. The molecule has 5 aromatic rings. The van der Waals surface area contributed by atoms with E-state index < -0.39 is 23.9 Å². The maximum atomic E-state index is 13.1. The molecule has 332 valence electrons. The number of unbranched alkanes of at least 4 members (excludes halogenated alkanes) is 12. The van der Waals surface area contributed by atoms with E-state index in [0.29, 0.717) is 40.3 Å². The number of ether oxygens (including phenoxy) is 6. The van der Waals surface area contributed by atoms with Gasteiger partial charge in [-0.05, 0) is 138 Å². The fourth-order valence-electron chi connectivity index (χ4n) is 6.47. The summed E-state index contributed by atoms with van der Waals surface area (Å²) in [5, 5.41) is 0. The Labute approximate surface area is 379 Å². The molecule has 0 fully saturated rings. The van der Waals surface area contributed by atoms with Gasteiger partial charge in [-0.1, -0.05) is 90.9 Å². The van der Waals surface area contributed by atoms with Crippen LogP contribution in [0.25, 0.3) is 0 Å². The van der Waals surface area contributed by atoms with E-state index in [9.17, 15) is 19.2 Å². The molecule has 0 radical (unpaired) electrons. The van der Waals surface area contributed by atoms with Crippen molar-refractivity contribution < 1.29 is 47.6 Å². The van der Waals surface area contributed by atoms with Crippen LogP contribution in [0.3, 0.4) is 0 Å². The van der Waals surface area contributed by atoms with Crippen LogP contribution in [-0.2, 0) is 0 Å². The van der Waals surface area contributed by atoms with Crippen LogP contribution in [-0.4, -0.2) is 37.1 Å². The van der Waals surface area contributed by atoms with Crippen molar-refractivity contribution in [2.24, 2.45) is 0 Å². The molecule has 0 atom stereocenters. The van der Waals surface area contributed by atoms with E-state index in [-0.39, 0.29) is 34.1 Å². The van der Waals surface area contributed by atoms with Crippen LogP contribution in [0, 0.1) is 0 Å². The average Bonchev–Trinajstić information content (AvgIpc) is 3.30. The van der Waals surface area contributed by atoms with Gasteiger partial charge in [0.25, 0.3) is 0 Å². The Kier molecular flexibility index (Phi) is 20.2. The summed E-state index contributed by atoms with van der Waals surface area (Å²) in [7, 11) is 0. The molecule has 0 bridgehead atoms. The summed E-state index contributed by atoms with van der Waals surface area (Å²) in [5.74, 6) is -0.304. The Morgan fingerprint density at radius 3 is 1.05 bits per heavy atom. The van der Waals surface area contributed by atoms with Gasteiger partial charge in [-0.25, -0.2) is 19.2 Å². The van der Waals surface area contributed by atoms with Gasteiger partial charge < -0.3 is 28.4 Å². The van der Waals surface area contributed by atoms with Crippen LogP contribution < -0.4 is 28.4 Å². The smallest absolute Gasteiger partial charge is 0.343 e. The molecule has 0 N–H and O–H groups in total. The quantitative estimate of drug-likeness (QED) is 0.0301. The lowest BCUT2D eigenvalue weighted by molar-refractivity contribution is 0.0722. The van der Waals surface area contributed by atoms with E-state index in [1.807, 2.05) is 0 Å². The minimum absolute atomic E-state index is 0.116. The number of carbonyl (C=O) groups is 4. The Morgan fingerprint density at radius 2 is 0.667 bits per heavy atom. The van der Waals surface area contributed by atoms with Gasteiger partial charge in [0, 0.05) is 6.07 Å². The molecule has 0 spiro atoms. The van der Waals surface area contributed by atoms with E-state index in [0.717, 1.165) is 25.7 Å². The summed E-state index contributed by atoms with van der Waals surface area (Å²) in [6, 6.07) is 30.1. The second-order valence-corrected chi connectivity index (χ2v) is 16.0. The largest absolute Gasteiger partial charge is 0.494 e. The number of hydrogen-bond acceptors (Lipinski definition) is 10. The van der Waals surface area contributed by atoms with Gasteiger partial charge >= 0.3 is 23.9 Å². The highest BCUT2D eigenvalue weighted by Gasteiger charge is 2.17. The van der Waals surface area contributed by atoms with Crippen molar-refractivity contribution in [2.45, 2.75) is 104 Å². The first-order valence-electron chi connectivity index (χ1n) is 22.1. The van der Waals surface area contributed by atoms with Gasteiger partial charge in [0.1, 0.15) is 34.5 Å². The van der Waals surface area contributed by atoms with E-state index >= 15 is 0 Å². The van der Waals surface area contributed by atoms with Crippen LogP contribution in [0.1, 0.15) is 145 Å². The van der Waals surface area contributed by atoms with Gasteiger partial charge in [-0.3, -0.25) is 0 Å². The Hall–Kier alpha value is -5.94. The van der Waals surface area contributed by atoms with Crippen molar-refractivity contribution >= 4 is 39.8 Å². The number of carbonyl (C=O) groups excluding carboxylic acids is 4. The first kappa shape index (κ1) is 48.1. The maximum absolute atomic E-state index is 13.1. The highest BCUT2D eigenvalue weighted by molar-refractivity contribution is 9.10. The zero-order valence-corrected chi connectivity index (χ0v) is 37.8. The zero-order valence-electron chi connectivity index (χ0n) is 36.2.